The molecule has 1 aliphatic heterocycles. The molecule has 2 aliphatic rings. The molecule has 2 aromatic heterocycles. The molecule has 1 saturated carbocycles. The number of hydrogen-bond acceptors (Lipinski definition) is 7. The largest absolute Gasteiger partial charge is 0.393 e. The fourth-order valence-corrected chi connectivity index (χ4v) is 5.06. The van der Waals surface area contributed by atoms with E-state index in [2.05, 4.69) is 50.0 Å². The molecule has 8 nitrogen and oxygen atoms in total. The van der Waals surface area contributed by atoms with Crippen LogP contribution in [0.1, 0.15) is 42.9 Å². The Kier molecular flexibility index (Phi) is 7.39. The Labute approximate surface area is 200 Å². The van der Waals surface area contributed by atoms with Crippen molar-refractivity contribution in [2.24, 2.45) is 0 Å². The summed E-state index contributed by atoms with van der Waals surface area (Å²) in [6.07, 6.45) is 5.37. The standard InChI is InChI=1S/C26H35N5O3/c1-33-13-10-27-26-28-17-25-23(16-24(31(25)29-26)21-6-8-22(32)9-7-21)20-4-2-19(3-5-20)18-30-11-14-34-15-12-30/h2-5,16-17,21-22,32H,6-15,18H2,1H3,(H,27,29). The molecule has 5 rings (SSSR count). The van der Waals surface area contributed by atoms with E-state index in [-0.39, 0.29) is 6.10 Å². The van der Waals surface area contributed by atoms with Crippen LogP contribution in [0.15, 0.2) is 36.5 Å². The molecule has 8 heteroatoms. The predicted octanol–water partition coefficient (Wildman–Crippen LogP) is 3.31. The zero-order valence-corrected chi connectivity index (χ0v) is 19.9. The Balaban J connectivity index is 1.43. The van der Waals surface area contributed by atoms with Gasteiger partial charge in [0.2, 0.25) is 5.95 Å². The summed E-state index contributed by atoms with van der Waals surface area (Å²) < 4.78 is 12.7. The second kappa shape index (κ2) is 10.8. The Hall–Kier alpha value is -2.52. The SMILES string of the molecule is COCCNc1ncc2c(-c3ccc(CN4CCOCC4)cc3)cc(C3CCC(O)CC3)n2n1. The maximum absolute atomic E-state index is 10.0. The van der Waals surface area contributed by atoms with Crippen LogP contribution in [-0.2, 0) is 16.0 Å². The number of aromatic nitrogens is 3. The van der Waals surface area contributed by atoms with Crippen molar-refractivity contribution in [2.45, 2.75) is 44.2 Å². The molecule has 2 N–H and O–H groups in total. The van der Waals surface area contributed by atoms with Crippen LogP contribution in [0.5, 0.6) is 0 Å². The van der Waals surface area contributed by atoms with Crippen LogP contribution in [0.2, 0.25) is 0 Å². The number of morpholine rings is 1. The fraction of sp³-hybridized carbons (Fsp3) is 0.538. The van der Waals surface area contributed by atoms with Gasteiger partial charge in [0.15, 0.2) is 0 Å². The zero-order chi connectivity index (χ0) is 23.3. The molecular formula is C26H35N5O3. The number of fused-ring (bicyclic) bond motifs is 1. The smallest absolute Gasteiger partial charge is 0.241 e. The van der Waals surface area contributed by atoms with Gasteiger partial charge < -0.3 is 19.9 Å². The number of nitrogens with zero attached hydrogens (tertiary/aromatic N) is 4. The van der Waals surface area contributed by atoms with Gasteiger partial charge in [-0.3, -0.25) is 4.90 Å². The van der Waals surface area contributed by atoms with E-state index in [0.717, 1.165) is 69.6 Å². The number of aliphatic hydroxyl groups excluding tert-OH is 1. The Bertz CT molecular complexity index is 1070. The lowest BCUT2D eigenvalue weighted by Crippen LogP contribution is -2.35. The van der Waals surface area contributed by atoms with Gasteiger partial charge in [-0.15, -0.1) is 5.10 Å². The molecule has 182 valence electrons. The number of methoxy groups -OCH3 is 1. The molecule has 1 aliphatic carbocycles. The summed E-state index contributed by atoms with van der Waals surface area (Å²) in [6.45, 7) is 5.83. The van der Waals surface area contributed by atoms with Crippen molar-refractivity contribution in [3.8, 4) is 11.1 Å². The highest BCUT2D eigenvalue weighted by Crippen LogP contribution is 2.37. The summed E-state index contributed by atoms with van der Waals surface area (Å²) in [4.78, 5) is 7.01. The highest BCUT2D eigenvalue weighted by atomic mass is 16.5. The Morgan fingerprint density at radius 2 is 1.88 bits per heavy atom. The first-order chi connectivity index (χ1) is 16.7. The van der Waals surface area contributed by atoms with Crippen LogP contribution >= 0.6 is 0 Å². The minimum atomic E-state index is -0.179. The monoisotopic (exact) mass is 465 g/mol. The molecule has 2 fully saturated rings. The molecule has 3 heterocycles. The van der Waals surface area contributed by atoms with E-state index in [4.69, 9.17) is 14.6 Å². The van der Waals surface area contributed by atoms with E-state index >= 15 is 0 Å². The molecule has 0 spiro atoms. The van der Waals surface area contributed by atoms with Gasteiger partial charge in [0.05, 0.1) is 37.6 Å². The summed E-state index contributed by atoms with van der Waals surface area (Å²) in [7, 11) is 1.69. The lowest BCUT2D eigenvalue weighted by Gasteiger charge is -2.26. The van der Waals surface area contributed by atoms with E-state index in [1.165, 1.54) is 16.8 Å². The Morgan fingerprint density at radius 1 is 1.12 bits per heavy atom. The number of anilines is 1. The third-order valence-corrected chi connectivity index (χ3v) is 7.02. The molecule has 0 amide bonds. The highest BCUT2D eigenvalue weighted by molar-refractivity contribution is 5.81. The summed E-state index contributed by atoms with van der Waals surface area (Å²) >= 11 is 0. The van der Waals surface area contributed by atoms with Gasteiger partial charge >= 0.3 is 0 Å². The van der Waals surface area contributed by atoms with Crippen LogP contribution in [0, 0.1) is 0 Å². The third-order valence-electron chi connectivity index (χ3n) is 7.02. The van der Waals surface area contributed by atoms with Crippen molar-refractivity contribution in [2.75, 3.05) is 51.9 Å². The first-order valence-corrected chi connectivity index (χ1v) is 12.4. The van der Waals surface area contributed by atoms with Gasteiger partial charge in [-0.2, -0.15) is 0 Å². The van der Waals surface area contributed by atoms with Gasteiger partial charge in [0.25, 0.3) is 0 Å². The van der Waals surface area contributed by atoms with Gasteiger partial charge in [0, 0.05) is 50.5 Å². The number of nitrogens with one attached hydrogen (secondary N) is 1. The maximum Gasteiger partial charge on any atom is 0.241 e. The zero-order valence-electron chi connectivity index (χ0n) is 19.9. The molecule has 1 aromatic carbocycles. The quantitative estimate of drug-likeness (QED) is 0.494. The molecule has 0 radical (unpaired) electrons. The number of benzene rings is 1. The number of aliphatic hydroxyl groups is 1. The average molecular weight is 466 g/mol. The normalized spacial score (nSPS) is 21.7. The van der Waals surface area contributed by atoms with Crippen molar-refractivity contribution >= 4 is 11.5 Å². The molecule has 34 heavy (non-hydrogen) atoms. The second-order valence-corrected chi connectivity index (χ2v) is 9.37. The van der Waals surface area contributed by atoms with Gasteiger partial charge in [-0.05, 0) is 42.9 Å². The first kappa shape index (κ1) is 23.2. The fourth-order valence-electron chi connectivity index (χ4n) is 5.06. The summed E-state index contributed by atoms with van der Waals surface area (Å²) in [5.74, 6) is 0.983. The minimum absolute atomic E-state index is 0.179. The van der Waals surface area contributed by atoms with E-state index in [1.54, 1.807) is 7.11 Å². The lowest BCUT2D eigenvalue weighted by molar-refractivity contribution is 0.0342. The minimum Gasteiger partial charge on any atom is -0.393 e. The van der Waals surface area contributed by atoms with Crippen LogP contribution in [0.25, 0.3) is 16.6 Å². The molecule has 1 saturated heterocycles. The third kappa shape index (κ3) is 5.25. The number of rotatable bonds is 8. The van der Waals surface area contributed by atoms with Crippen molar-refractivity contribution in [3.05, 3.63) is 47.8 Å². The lowest BCUT2D eigenvalue weighted by atomic mass is 9.85. The van der Waals surface area contributed by atoms with Crippen LogP contribution in [0.3, 0.4) is 0 Å². The maximum atomic E-state index is 10.0. The van der Waals surface area contributed by atoms with Gasteiger partial charge in [0.1, 0.15) is 0 Å². The summed E-state index contributed by atoms with van der Waals surface area (Å²) in [5.41, 5.74) is 5.86. The molecule has 3 aromatic rings. The van der Waals surface area contributed by atoms with Crippen molar-refractivity contribution < 1.29 is 14.6 Å². The second-order valence-electron chi connectivity index (χ2n) is 9.37. The average Bonchev–Trinajstić information content (AvgIpc) is 3.25. The van der Waals surface area contributed by atoms with Crippen molar-refractivity contribution in [1.82, 2.24) is 19.5 Å². The molecule has 0 unspecified atom stereocenters. The Morgan fingerprint density at radius 3 is 2.62 bits per heavy atom. The van der Waals surface area contributed by atoms with E-state index < -0.39 is 0 Å². The van der Waals surface area contributed by atoms with Crippen molar-refractivity contribution in [1.29, 1.82) is 0 Å². The van der Waals surface area contributed by atoms with E-state index in [0.29, 0.717) is 25.0 Å². The molecular weight excluding hydrogens is 430 g/mol. The van der Waals surface area contributed by atoms with Gasteiger partial charge in [-0.1, -0.05) is 24.3 Å². The van der Waals surface area contributed by atoms with Crippen molar-refractivity contribution in [3.63, 3.8) is 0 Å². The number of hydrogen-bond donors (Lipinski definition) is 2. The summed E-state index contributed by atoms with van der Waals surface area (Å²) in [6, 6.07) is 11.2. The summed E-state index contributed by atoms with van der Waals surface area (Å²) in [5, 5.41) is 18.1. The molecule has 0 bridgehead atoms. The van der Waals surface area contributed by atoms with Crippen LogP contribution in [0.4, 0.5) is 5.95 Å². The molecule has 0 atom stereocenters. The van der Waals surface area contributed by atoms with Crippen LogP contribution < -0.4 is 5.32 Å². The van der Waals surface area contributed by atoms with Gasteiger partial charge in [-0.25, -0.2) is 9.50 Å². The number of ether oxygens (including phenoxy) is 2. The predicted molar refractivity (Wildman–Crippen MR) is 132 cm³/mol. The van der Waals surface area contributed by atoms with Crippen LogP contribution in [-0.4, -0.2) is 77.3 Å². The van der Waals surface area contributed by atoms with E-state index in [9.17, 15) is 5.11 Å². The first-order valence-electron chi connectivity index (χ1n) is 12.4. The topological polar surface area (TPSA) is 84.2 Å². The van der Waals surface area contributed by atoms with E-state index in [1.807, 2.05) is 6.20 Å². The highest BCUT2D eigenvalue weighted by Gasteiger charge is 2.25.